The van der Waals surface area contributed by atoms with Gasteiger partial charge in [-0.3, -0.25) is 0 Å². The van der Waals surface area contributed by atoms with Gasteiger partial charge >= 0.3 is 5.97 Å². The van der Waals surface area contributed by atoms with Crippen LogP contribution < -0.4 is 5.32 Å². The first kappa shape index (κ1) is 23.9. The average Bonchev–Trinajstić information content (AvgIpc) is 2.56. The molecule has 1 rings (SSSR count). The zero-order valence-electron chi connectivity index (χ0n) is 16.1. The number of methoxy groups -OCH3 is 1. The molecule has 0 heterocycles. The van der Waals surface area contributed by atoms with Crippen LogP contribution in [-0.2, 0) is 14.3 Å². The third-order valence-electron chi connectivity index (χ3n) is 3.37. The quantitative estimate of drug-likeness (QED) is 0.201. The molecule has 0 radical (unpaired) electrons. The minimum Gasteiger partial charge on any atom is -0.457 e. The highest BCUT2D eigenvalue weighted by molar-refractivity contribution is 9.28. The number of hydrogen-bond acceptors (Lipinski definition) is 5. The van der Waals surface area contributed by atoms with E-state index in [0.717, 1.165) is 27.5 Å². The van der Waals surface area contributed by atoms with Crippen LogP contribution >= 0.6 is 31.9 Å². The number of hydrogen-bond donors (Lipinski definition) is 2. The van der Waals surface area contributed by atoms with Crippen LogP contribution in [0.2, 0.25) is 0 Å². The summed E-state index contributed by atoms with van der Waals surface area (Å²) in [7, 11) is 1.46. The number of benzene rings is 1. The smallest absolute Gasteiger partial charge is 0.330 e. The summed E-state index contributed by atoms with van der Waals surface area (Å²) in [4.78, 5) is 11.6. The molecule has 2 N–H and O–H groups in total. The van der Waals surface area contributed by atoms with Gasteiger partial charge in [0.15, 0.2) is 6.29 Å². The second-order valence-electron chi connectivity index (χ2n) is 6.87. The van der Waals surface area contributed by atoms with Gasteiger partial charge in [0, 0.05) is 31.0 Å². The van der Waals surface area contributed by atoms with Crippen molar-refractivity contribution in [2.45, 2.75) is 45.5 Å². The van der Waals surface area contributed by atoms with Crippen molar-refractivity contribution in [3.05, 3.63) is 44.9 Å². The molecule has 0 spiro atoms. The van der Waals surface area contributed by atoms with Gasteiger partial charge in [0.05, 0.1) is 3.39 Å². The lowest BCUT2D eigenvalue weighted by Gasteiger charge is -2.17. The Labute approximate surface area is 178 Å². The van der Waals surface area contributed by atoms with Crippen molar-refractivity contribution in [1.29, 1.82) is 0 Å². The van der Waals surface area contributed by atoms with Gasteiger partial charge in [-0.2, -0.15) is 0 Å². The van der Waals surface area contributed by atoms with E-state index in [1.807, 2.05) is 51.1 Å². The van der Waals surface area contributed by atoms with E-state index in [4.69, 9.17) is 9.47 Å². The number of anilines is 1. The molecule has 0 saturated carbocycles. The van der Waals surface area contributed by atoms with Gasteiger partial charge in [0.1, 0.15) is 5.60 Å². The van der Waals surface area contributed by atoms with Crippen LogP contribution in [0.3, 0.4) is 0 Å². The van der Waals surface area contributed by atoms with E-state index in [1.165, 1.54) is 13.2 Å². The predicted octanol–water partition coefficient (Wildman–Crippen LogP) is 5.50. The fourth-order valence-electron chi connectivity index (χ4n) is 2.22. The number of aliphatic hydroxyl groups excluding tert-OH is 1. The summed E-state index contributed by atoms with van der Waals surface area (Å²) < 4.78 is 11.0. The molecule has 1 aromatic carbocycles. The van der Waals surface area contributed by atoms with E-state index in [1.54, 1.807) is 0 Å². The minimum absolute atomic E-state index is 0.327. The molecule has 1 aromatic rings. The Kier molecular flexibility index (Phi) is 10.3. The third-order valence-corrected chi connectivity index (χ3v) is 3.83. The number of aliphatic hydroxyl groups is 1. The van der Waals surface area contributed by atoms with Crippen molar-refractivity contribution >= 4 is 49.6 Å². The molecule has 0 aliphatic heterocycles. The van der Waals surface area contributed by atoms with Crippen LogP contribution in [0.15, 0.2) is 33.7 Å². The molecule has 0 saturated heterocycles. The number of carbonyl (C=O) groups is 1. The highest BCUT2D eigenvalue weighted by atomic mass is 79.9. The number of rotatable bonds is 9. The van der Waals surface area contributed by atoms with Crippen molar-refractivity contribution in [2.75, 3.05) is 19.0 Å². The molecule has 0 bridgehead atoms. The number of esters is 1. The van der Waals surface area contributed by atoms with Gasteiger partial charge in [-0.25, -0.2) is 4.79 Å². The van der Waals surface area contributed by atoms with Gasteiger partial charge in [0.2, 0.25) is 0 Å². The van der Waals surface area contributed by atoms with Crippen LogP contribution in [0.5, 0.6) is 0 Å². The topological polar surface area (TPSA) is 67.8 Å². The average molecular weight is 505 g/mol. The normalized spacial score (nSPS) is 12.7. The SMILES string of the molecule is COC(O)c1ccc(C=C(Br)Br)c(NCCC/C=C/C(=O)OC(C)(C)C)c1. The summed E-state index contributed by atoms with van der Waals surface area (Å²) in [6.45, 7) is 6.24. The highest BCUT2D eigenvalue weighted by Crippen LogP contribution is 2.27. The van der Waals surface area contributed by atoms with E-state index < -0.39 is 11.9 Å². The molecule has 27 heavy (non-hydrogen) atoms. The van der Waals surface area contributed by atoms with E-state index in [2.05, 4.69) is 37.2 Å². The van der Waals surface area contributed by atoms with E-state index in [9.17, 15) is 9.90 Å². The Morgan fingerprint density at radius 1 is 1.33 bits per heavy atom. The molecule has 1 unspecified atom stereocenters. The van der Waals surface area contributed by atoms with Crippen molar-refractivity contribution < 1.29 is 19.4 Å². The van der Waals surface area contributed by atoms with Gasteiger partial charge in [-0.05, 0) is 83.2 Å². The maximum atomic E-state index is 11.6. The van der Waals surface area contributed by atoms with Crippen LogP contribution in [0.25, 0.3) is 6.08 Å². The van der Waals surface area contributed by atoms with Crippen LogP contribution in [0, 0.1) is 0 Å². The summed E-state index contributed by atoms with van der Waals surface area (Å²) >= 11 is 6.73. The maximum Gasteiger partial charge on any atom is 0.330 e. The van der Waals surface area contributed by atoms with Crippen LogP contribution in [0.1, 0.15) is 51.0 Å². The molecular formula is C20H27Br2NO4. The summed E-state index contributed by atoms with van der Waals surface area (Å²) in [6.07, 6.45) is 5.84. The molecule has 0 fully saturated rings. The summed E-state index contributed by atoms with van der Waals surface area (Å²) in [5.74, 6) is -0.327. The number of nitrogens with one attached hydrogen (secondary N) is 1. The van der Waals surface area contributed by atoms with E-state index >= 15 is 0 Å². The largest absolute Gasteiger partial charge is 0.457 e. The van der Waals surface area contributed by atoms with Crippen molar-refractivity contribution in [1.82, 2.24) is 0 Å². The lowest BCUT2D eigenvalue weighted by atomic mass is 10.1. The molecule has 0 amide bonds. The van der Waals surface area contributed by atoms with Crippen molar-refractivity contribution in [3.8, 4) is 0 Å². The highest BCUT2D eigenvalue weighted by Gasteiger charge is 2.13. The first-order valence-electron chi connectivity index (χ1n) is 8.63. The first-order chi connectivity index (χ1) is 12.6. The lowest BCUT2D eigenvalue weighted by Crippen LogP contribution is -2.22. The molecule has 5 nitrogen and oxygen atoms in total. The number of allylic oxidation sites excluding steroid dienone is 1. The molecule has 0 aliphatic rings. The second-order valence-corrected chi connectivity index (χ2v) is 9.65. The van der Waals surface area contributed by atoms with E-state index in [0.29, 0.717) is 12.1 Å². The Hall–Kier alpha value is -1.15. The summed E-state index contributed by atoms with van der Waals surface area (Å²) in [5.41, 5.74) is 2.05. The summed E-state index contributed by atoms with van der Waals surface area (Å²) in [5, 5.41) is 13.2. The molecule has 150 valence electrons. The second kappa shape index (κ2) is 11.6. The van der Waals surface area contributed by atoms with Gasteiger partial charge < -0.3 is 19.9 Å². The minimum atomic E-state index is -0.965. The van der Waals surface area contributed by atoms with Crippen LogP contribution in [-0.4, -0.2) is 30.3 Å². The number of carbonyl (C=O) groups excluding carboxylic acids is 1. The monoisotopic (exact) mass is 503 g/mol. The molecule has 7 heteroatoms. The predicted molar refractivity (Wildman–Crippen MR) is 117 cm³/mol. The molecule has 0 aliphatic carbocycles. The number of ether oxygens (including phenoxy) is 2. The molecular weight excluding hydrogens is 478 g/mol. The maximum absolute atomic E-state index is 11.6. The van der Waals surface area contributed by atoms with Crippen LogP contribution in [0.4, 0.5) is 5.69 Å². The van der Waals surface area contributed by atoms with Gasteiger partial charge in [0.25, 0.3) is 0 Å². The zero-order valence-corrected chi connectivity index (χ0v) is 19.3. The fraction of sp³-hybridized carbons (Fsp3) is 0.450. The number of halogens is 2. The van der Waals surface area contributed by atoms with E-state index in [-0.39, 0.29) is 5.97 Å². The summed E-state index contributed by atoms with van der Waals surface area (Å²) in [6, 6.07) is 5.59. The third kappa shape index (κ3) is 10.1. The van der Waals surface area contributed by atoms with Gasteiger partial charge in [-0.15, -0.1) is 0 Å². The number of unbranched alkanes of at least 4 members (excludes halogenated alkanes) is 1. The molecule has 1 atom stereocenters. The van der Waals surface area contributed by atoms with Crippen molar-refractivity contribution in [3.63, 3.8) is 0 Å². The Morgan fingerprint density at radius 2 is 2.04 bits per heavy atom. The van der Waals surface area contributed by atoms with Gasteiger partial charge in [-0.1, -0.05) is 18.2 Å². The lowest BCUT2D eigenvalue weighted by molar-refractivity contribution is -0.148. The zero-order chi connectivity index (χ0) is 20.4. The fourth-order valence-corrected chi connectivity index (χ4v) is 2.71. The molecule has 0 aromatic heterocycles. The first-order valence-corrected chi connectivity index (χ1v) is 10.2. The standard InChI is InChI=1S/C20H27Br2NO4/c1-20(2,3)27-18(24)8-6-5-7-11-23-16-12-15(19(25)26-4)10-9-14(16)13-17(21)22/h6,8-10,12-13,19,23,25H,5,7,11H2,1-4H3/b8-6+. The Bertz CT molecular complexity index is 677. The Balaban J connectivity index is 2.62. The Morgan fingerprint density at radius 3 is 2.63 bits per heavy atom. The van der Waals surface area contributed by atoms with Crippen molar-refractivity contribution in [2.24, 2.45) is 0 Å².